The van der Waals surface area contributed by atoms with Crippen LogP contribution in [0.25, 0.3) is 11.0 Å². The summed E-state index contributed by atoms with van der Waals surface area (Å²) < 4.78 is 12.1. The number of nitrogens with two attached hydrogens (primary N) is 1. The highest BCUT2D eigenvalue weighted by molar-refractivity contribution is 9.10. The molecule has 0 bridgehead atoms. The average molecular weight is 409 g/mol. The molecule has 5 nitrogen and oxygen atoms in total. The van der Waals surface area contributed by atoms with Crippen molar-refractivity contribution >= 4 is 26.9 Å². The number of aryl methyl sites for hydroxylation is 1. The second-order valence-electron chi connectivity index (χ2n) is 6.11. The van der Waals surface area contributed by atoms with E-state index in [1.807, 2.05) is 43.3 Å². The van der Waals surface area contributed by atoms with Crippen LogP contribution in [0.2, 0.25) is 0 Å². The van der Waals surface area contributed by atoms with E-state index in [-0.39, 0.29) is 17.0 Å². The van der Waals surface area contributed by atoms with Gasteiger partial charge in [0, 0.05) is 4.47 Å². The number of rotatable bonds is 1. The maximum absolute atomic E-state index is 12.8. The molecule has 128 valence electrons. The quantitative estimate of drug-likeness (QED) is 0.612. The summed E-state index contributed by atoms with van der Waals surface area (Å²) in [6.07, 6.45) is 0. The summed E-state index contributed by atoms with van der Waals surface area (Å²) in [7, 11) is 0. The normalized spacial score (nSPS) is 16.1. The number of ether oxygens (including phenoxy) is 1. The second kappa shape index (κ2) is 6.04. The lowest BCUT2D eigenvalue weighted by Crippen LogP contribution is -2.26. The Labute approximate surface area is 157 Å². The fraction of sp³-hybridized carbons (Fsp3) is 0.100. The van der Waals surface area contributed by atoms with Gasteiger partial charge in [0.05, 0.1) is 16.9 Å². The van der Waals surface area contributed by atoms with Gasteiger partial charge in [-0.25, -0.2) is 4.79 Å². The third-order valence-corrected chi connectivity index (χ3v) is 4.95. The van der Waals surface area contributed by atoms with Gasteiger partial charge in [0.25, 0.3) is 0 Å². The van der Waals surface area contributed by atoms with E-state index in [0.717, 1.165) is 15.6 Å². The molecule has 3 aromatic rings. The number of fused-ring (bicyclic) bond motifs is 3. The molecule has 1 aliphatic heterocycles. The van der Waals surface area contributed by atoms with Crippen molar-refractivity contribution in [2.24, 2.45) is 5.73 Å². The van der Waals surface area contributed by atoms with Crippen LogP contribution in [0, 0.1) is 18.3 Å². The molecule has 0 saturated heterocycles. The molecule has 0 amide bonds. The van der Waals surface area contributed by atoms with Gasteiger partial charge >= 0.3 is 5.63 Å². The van der Waals surface area contributed by atoms with Gasteiger partial charge in [0.15, 0.2) is 5.75 Å². The van der Waals surface area contributed by atoms with E-state index in [1.54, 1.807) is 6.07 Å². The molecular formula is C20H13BrN2O3. The summed E-state index contributed by atoms with van der Waals surface area (Å²) in [5, 5.41) is 10.3. The third kappa shape index (κ3) is 2.49. The molecule has 0 fully saturated rings. The topological polar surface area (TPSA) is 89.2 Å². The summed E-state index contributed by atoms with van der Waals surface area (Å²) in [6, 6.07) is 14.9. The molecule has 1 unspecified atom stereocenters. The lowest BCUT2D eigenvalue weighted by atomic mass is 9.84. The Kier molecular flexibility index (Phi) is 3.82. The van der Waals surface area contributed by atoms with Gasteiger partial charge in [0.1, 0.15) is 17.2 Å². The van der Waals surface area contributed by atoms with Gasteiger partial charge < -0.3 is 14.9 Å². The fourth-order valence-corrected chi connectivity index (χ4v) is 3.49. The first kappa shape index (κ1) is 16.4. The lowest BCUT2D eigenvalue weighted by Gasteiger charge is -2.26. The molecule has 26 heavy (non-hydrogen) atoms. The summed E-state index contributed by atoms with van der Waals surface area (Å²) in [5.41, 5.74) is 8.15. The van der Waals surface area contributed by atoms with E-state index in [4.69, 9.17) is 14.9 Å². The number of allylic oxidation sites excluding steroid dienone is 1. The van der Waals surface area contributed by atoms with Crippen LogP contribution in [-0.4, -0.2) is 0 Å². The highest BCUT2D eigenvalue weighted by Crippen LogP contribution is 2.43. The van der Waals surface area contributed by atoms with Gasteiger partial charge in [-0.1, -0.05) is 39.7 Å². The number of nitriles is 1. The zero-order valence-electron chi connectivity index (χ0n) is 13.7. The summed E-state index contributed by atoms with van der Waals surface area (Å²) in [5.74, 6) is -0.288. The van der Waals surface area contributed by atoms with E-state index in [0.29, 0.717) is 16.7 Å². The van der Waals surface area contributed by atoms with Crippen molar-refractivity contribution in [3.05, 3.63) is 85.5 Å². The minimum atomic E-state index is -0.641. The van der Waals surface area contributed by atoms with Crippen molar-refractivity contribution in [3.63, 3.8) is 0 Å². The van der Waals surface area contributed by atoms with Crippen LogP contribution in [0.3, 0.4) is 0 Å². The van der Waals surface area contributed by atoms with Gasteiger partial charge in [-0.05, 0) is 36.8 Å². The Balaban J connectivity index is 2.08. The van der Waals surface area contributed by atoms with Crippen LogP contribution in [0.4, 0.5) is 0 Å². The van der Waals surface area contributed by atoms with Crippen LogP contribution in [-0.2, 0) is 0 Å². The van der Waals surface area contributed by atoms with Crippen LogP contribution >= 0.6 is 15.9 Å². The zero-order valence-corrected chi connectivity index (χ0v) is 15.3. The van der Waals surface area contributed by atoms with Gasteiger partial charge in [-0.3, -0.25) is 0 Å². The Morgan fingerprint density at radius 3 is 2.62 bits per heavy atom. The molecule has 1 atom stereocenters. The first-order valence-electron chi connectivity index (χ1n) is 7.90. The number of halogens is 1. The molecule has 2 heterocycles. The van der Waals surface area contributed by atoms with Crippen LogP contribution < -0.4 is 16.1 Å². The van der Waals surface area contributed by atoms with E-state index in [1.165, 1.54) is 0 Å². The SMILES string of the molecule is Cc1ccc2oc(=O)c3c(c2c1)OC(N)=C(C#N)C3c1ccc(Br)cc1. The molecule has 4 rings (SSSR count). The van der Waals surface area contributed by atoms with Crippen LogP contribution in [0.15, 0.2) is 67.6 Å². The molecule has 0 radical (unpaired) electrons. The molecule has 1 aliphatic rings. The van der Waals surface area contributed by atoms with E-state index in [2.05, 4.69) is 22.0 Å². The second-order valence-corrected chi connectivity index (χ2v) is 7.02. The minimum absolute atomic E-state index is 0.00123. The van der Waals surface area contributed by atoms with Crippen molar-refractivity contribution in [1.29, 1.82) is 5.26 Å². The van der Waals surface area contributed by atoms with Gasteiger partial charge in [-0.2, -0.15) is 5.26 Å². The molecule has 0 aliphatic carbocycles. The van der Waals surface area contributed by atoms with Crippen molar-refractivity contribution < 1.29 is 9.15 Å². The smallest absolute Gasteiger partial charge is 0.344 e. The largest absolute Gasteiger partial charge is 0.439 e. The Morgan fingerprint density at radius 2 is 1.92 bits per heavy atom. The van der Waals surface area contributed by atoms with E-state index in [9.17, 15) is 10.1 Å². The predicted molar refractivity (Wildman–Crippen MR) is 101 cm³/mol. The molecule has 1 aromatic heterocycles. The lowest BCUT2D eigenvalue weighted by molar-refractivity contribution is 0.388. The van der Waals surface area contributed by atoms with Crippen molar-refractivity contribution in [2.45, 2.75) is 12.8 Å². The van der Waals surface area contributed by atoms with Gasteiger partial charge in [0.2, 0.25) is 5.88 Å². The average Bonchev–Trinajstić information content (AvgIpc) is 2.62. The van der Waals surface area contributed by atoms with Crippen LogP contribution in [0.1, 0.15) is 22.6 Å². The molecule has 0 saturated carbocycles. The number of benzene rings is 2. The number of nitrogens with zero attached hydrogens (tertiary/aromatic N) is 1. The van der Waals surface area contributed by atoms with E-state index >= 15 is 0 Å². The minimum Gasteiger partial charge on any atom is -0.439 e. The number of hydrogen-bond donors (Lipinski definition) is 1. The molecule has 6 heteroatoms. The number of hydrogen-bond acceptors (Lipinski definition) is 5. The Hall–Kier alpha value is -3.04. The van der Waals surface area contributed by atoms with Crippen molar-refractivity contribution in [1.82, 2.24) is 0 Å². The summed E-state index contributed by atoms with van der Waals surface area (Å²) >= 11 is 3.39. The first-order chi connectivity index (χ1) is 12.5. The summed E-state index contributed by atoms with van der Waals surface area (Å²) in [4.78, 5) is 12.8. The van der Waals surface area contributed by atoms with Crippen molar-refractivity contribution in [2.75, 3.05) is 0 Å². The maximum atomic E-state index is 12.8. The Morgan fingerprint density at radius 1 is 1.19 bits per heavy atom. The van der Waals surface area contributed by atoms with Gasteiger partial charge in [-0.15, -0.1) is 0 Å². The monoisotopic (exact) mass is 408 g/mol. The molecule has 0 spiro atoms. The third-order valence-electron chi connectivity index (χ3n) is 4.43. The molecule has 2 aromatic carbocycles. The highest BCUT2D eigenvalue weighted by atomic mass is 79.9. The zero-order chi connectivity index (χ0) is 18.4. The Bertz CT molecular complexity index is 1170. The fourth-order valence-electron chi connectivity index (χ4n) is 3.22. The first-order valence-corrected chi connectivity index (χ1v) is 8.69. The standard InChI is InChI=1S/C20H13BrN2O3/c1-10-2-7-15-13(8-10)18-17(20(24)25-15)16(14(9-22)19(23)26-18)11-3-5-12(21)6-4-11/h2-8,16H,23H2,1H3. The maximum Gasteiger partial charge on any atom is 0.344 e. The molecular weight excluding hydrogens is 396 g/mol. The highest BCUT2D eigenvalue weighted by Gasteiger charge is 2.35. The predicted octanol–water partition coefficient (Wildman–Crippen LogP) is 4.08. The van der Waals surface area contributed by atoms with Crippen LogP contribution in [0.5, 0.6) is 5.75 Å². The molecule has 2 N–H and O–H groups in total. The summed E-state index contributed by atoms with van der Waals surface area (Å²) in [6.45, 7) is 1.94. The van der Waals surface area contributed by atoms with Crippen molar-refractivity contribution in [3.8, 4) is 11.8 Å². The van der Waals surface area contributed by atoms with E-state index < -0.39 is 11.5 Å².